The van der Waals surface area contributed by atoms with Gasteiger partial charge in [-0.1, -0.05) is 104 Å². The summed E-state index contributed by atoms with van der Waals surface area (Å²) in [5, 5.41) is 0. The van der Waals surface area contributed by atoms with Crippen LogP contribution in [0.5, 0.6) is 0 Å². The van der Waals surface area contributed by atoms with Crippen molar-refractivity contribution in [3.05, 3.63) is 23.8 Å². The zero-order valence-electron chi connectivity index (χ0n) is 21.5. The third kappa shape index (κ3) is 9.14. The minimum atomic E-state index is 0.615. The minimum absolute atomic E-state index is 0.615. The summed E-state index contributed by atoms with van der Waals surface area (Å²) < 4.78 is 0. The third-order valence-corrected chi connectivity index (χ3v) is 8.67. The van der Waals surface area contributed by atoms with Gasteiger partial charge in [-0.05, 0) is 61.8 Å². The van der Waals surface area contributed by atoms with Gasteiger partial charge >= 0.3 is 0 Å². The van der Waals surface area contributed by atoms with Gasteiger partial charge in [0.1, 0.15) is 5.82 Å². The molecule has 182 valence electrons. The van der Waals surface area contributed by atoms with E-state index in [-0.39, 0.29) is 0 Å². The van der Waals surface area contributed by atoms with Gasteiger partial charge in [0.25, 0.3) is 0 Å². The number of hydrogen-bond acceptors (Lipinski definition) is 2. The highest BCUT2D eigenvalue weighted by molar-refractivity contribution is 5.08. The second-order valence-electron chi connectivity index (χ2n) is 11.3. The second kappa shape index (κ2) is 15.1. The molecule has 2 heteroatoms. The largest absolute Gasteiger partial charge is 0.241 e. The van der Waals surface area contributed by atoms with Crippen LogP contribution in [-0.4, -0.2) is 9.97 Å². The first kappa shape index (κ1) is 25.7. The summed E-state index contributed by atoms with van der Waals surface area (Å²) in [7, 11) is 0. The zero-order valence-corrected chi connectivity index (χ0v) is 21.5. The van der Waals surface area contributed by atoms with Crippen LogP contribution in [0.15, 0.2) is 12.4 Å². The molecule has 2 aliphatic carbocycles. The summed E-state index contributed by atoms with van der Waals surface area (Å²) in [5.74, 6) is 4.80. The lowest BCUT2D eigenvalue weighted by Gasteiger charge is -2.31. The number of rotatable bonds is 14. The lowest BCUT2D eigenvalue weighted by molar-refractivity contribution is 0.221. The Hall–Kier alpha value is -0.920. The van der Waals surface area contributed by atoms with Crippen molar-refractivity contribution in [3.63, 3.8) is 0 Å². The van der Waals surface area contributed by atoms with Crippen molar-refractivity contribution in [1.29, 1.82) is 0 Å². The van der Waals surface area contributed by atoms with Crippen LogP contribution in [-0.2, 0) is 6.42 Å². The van der Waals surface area contributed by atoms with E-state index in [9.17, 15) is 0 Å². The van der Waals surface area contributed by atoms with Crippen molar-refractivity contribution in [3.8, 4) is 0 Å². The maximum atomic E-state index is 4.76. The van der Waals surface area contributed by atoms with Gasteiger partial charge in [0.2, 0.25) is 0 Å². The fourth-order valence-corrected chi connectivity index (χ4v) is 6.31. The molecule has 0 amide bonds. The molecule has 2 saturated carbocycles. The minimum Gasteiger partial charge on any atom is -0.241 e. The topological polar surface area (TPSA) is 25.8 Å². The van der Waals surface area contributed by atoms with E-state index < -0.39 is 0 Å². The van der Waals surface area contributed by atoms with Crippen LogP contribution in [0.1, 0.15) is 153 Å². The van der Waals surface area contributed by atoms with E-state index in [0.29, 0.717) is 5.92 Å². The molecule has 0 atom stereocenters. The lowest BCUT2D eigenvalue weighted by atomic mass is 9.74. The average molecular weight is 441 g/mol. The summed E-state index contributed by atoms with van der Waals surface area (Å²) in [6, 6.07) is 0. The molecule has 2 aliphatic rings. The summed E-state index contributed by atoms with van der Waals surface area (Å²) >= 11 is 0. The highest BCUT2D eigenvalue weighted by Gasteiger charge is 2.26. The number of aromatic nitrogens is 2. The van der Waals surface area contributed by atoms with Gasteiger partial charge in [0, 0.05) is 18.3 Å². The molecular weight excluding hydrogens is 388 g/mol. The normalized spacial score (nSPS) is 26.3. The Balaban J connectivity index is 1.26. The molecule has 0 spiro atoms. The van der Waals surface area contributed by atoms with Crippen LogP contribution in [0.3, 0.4) is 0 Å². The molecular formula is C30H52N2. The van der Waals surface area contributed by atoms with E-state index in [1.165, 1.54) is 128 Å². The molecule has 0 aromatic carbocycles. The van der Waals surface area contributed by atoms with E-state index in [4.69, 9.17) is 9.97 Å². The first-order valence-electron chi connectivity index (χ1n) is 14.6. The molecule has 2 nitrogen and oxygen atoms in total. The summed E-state index contributed by atoms with van der Waals surface area (Å²) in [4.78, 5) is 9.51. The van der Waals surface area contributed by atoms with Gasteiger partial charge in [-0.25, -0.2) is 9.97 Å². The summed E-state index contributed by atoms with van der Waals surface area (Å²) in [6.07, 6.45) is 32.5. The molecule has 1 aromatic heterocycles. The monoisotopic (exact) mass is 440 g/mol. The van der Waals surface area contributed by atoms with Crippen molar-refractivity contribution in [2.24, 2.45) is 17.8 Å². The Bertz CT molecular complexity index is 579. The molecule has 2 fully saturated rings. The molecule has 0 unspecified atom stereocenters. The smallest absolute Gasteiger partial charge is 0.131 e. The van der Waals surface area contributed by atoms with Gasteiger partial charge in [-0.3, -0.25) is 0 Å². The first-order valence-corrected chi connectivity index (χ1v) is 14.6. The maximum absolute atomic E-state index is 4.76. The highest BCUT2D eigenvalue weighted by atomic mass is 14.9. The SMILES string of the molecule is CCCCCCC[C@H]1CC[C@H](CCC2CCC(c3ncc(CCCCC)cn3)CC2)CC1. The molecule has 1 aromatic rings. The van der Waals surface area contributed by atoms with Crippen LogP contribution in [0.2, 0.25) is 0 Å². The number of aryl methyl sites for hydroxylation is 1. The fraction of sp³-hybridized carbons (Fsp3) is 0.867. The third-order valence-electron chi connectivity index (χ3n) is 8.67. The Kier molecular flexibility index (Phi) is 12.1. The van der Waals surface area contributed by atoms with E-state index in [1.807, 2.05) is 0 Å². The van der Waals surface area contributed by atoms with Gasteiger partial charge < -0.3 is 0 Å². The first-order chi connectivity index (χ1) is 15.8. The molecule has 0 aliphatic heterocycles. The maximum Gasteiger partial charge on any atom is 0.131 e. The van der Waals surface area contributed by atoms with Gasteiger partial charge in [-0.2, -0.15) is 0 Å². The zero-order chi connectivity index (χ0) is 22.4. The number of nitrogens with zero attached hydrogens (tertiary/aromatic N) is 2. The predicted octanol–water partition coefficient (Wildman–Crippen LogP) is 9.43. The van der Waals surface area contributed by atoms with Crippen LogP contribution < -0.4 is 0 Å². The van der Waals surface area contributed by atoms with Crippen molar-refractivity contribution < 1.29 is 0 Å². The summed E-state index contributed by atoms with van der Waals surface area (Å²) in [5.41, 5.74) is 1.32. The van der Waals surface area contributed by atoms with Crippen molar-refractivity contribution >= 4 is 0 Å². The highest BCUT2D eigenvalue weighted by Crippen LogP contribution is 2.39. The second-order valence-corrected chi connectivity index (χ2v) is 11.3. The van der Waals surface area contributed by atoms with E-state index in [2.05, 4.69) is 26.2 Å². The van der Waals surface area contributed by atoms with Gasteiger partial charge in [0.15, 0.2) is 0 Å². The van der Waals surface area contributed by atoms with Crippen molar-refractivity contribution in [2.75, 3.05) is 0 Å². The van der Waals surface area contributed by atoms with Crippen molar-refractivity contribution in [2.45, 2.75) is 148 Å². The fourth-order valence-electron chi connectivity index (χ4n) is 6.31. The van der Waals surface area contributed by atoms with Gasteiger partial charge in [0.05, 0.1) is 0 Å². The Morgan fingerprint density at radius 3 is 1.69 bits per heavy atom. The molecule has 1 heterocycles. The standard InChI is InChI=1S/C30H52N2/c1-3-5-7-8-10-11-25-13-15-26(16-14-25)17-18-27-19-21-29(22-20-27)30-31-23-28(24-32-30)12-9-6-4-2/h23-27,29H,3-22H2,1-2H3/t25-,26-,27?,29?. The summed E-state index contributed by atoms with van der Waals surface area (Å²) in [6.45, 7) is 4.58. The van der Waals surface area contributed by atoms with E-state index >= 15 is 0 Å². The quantitative estimate of drug-likeness (QED) is 0.269. The van der Waals surface area contributed by atoms with Crippen LogP contribution in [0, 0.1) is 17.8 Å². The predicted molar refractivity (Wildman–Crippen MR) is 138 cm³/mol. The molecule has 0 bridgehead atoms. The van der Waals surface area contributed by atoms with E-state index in [1.54, 1.807) is 0 Å². The van der Waals surface area contributed by atoms with Gasteiger partial charge in [-0.15, -0.1) is 0 Å². The van der Waals surface area contributed by atoms with Crippen LogP contribution in [0.4, 0.5) is 0 Å². The lowest BCUT2D eigenvalue weighted by Crippen LogP contribution is -2.18. The van der Waals surface area contributed by atoms with Crippen LogP contribution >= 0.6 is 0 Å². The molecule has 0 radical (unpaired) electrons. The number of unbranched alkanes of at least 4 members (excludes halogenated alkanes) is 6. The average Bonchev–Trinajstić information content (AvgIpc) is 2.84. The molecule has 3 rings (SSSR count). The van der Waals surface area contributed by atoms with Crippen molar-refractivity contribution in [1.82, 2.24) is 9.97 Å². The Labute approximate surface area is 199 Å². The van der Waals surface area contributed by atoms with Crippen LogP contribution in [0.25, 0.3) is 0 Å². The van der Waals surface area contributed by atoms with E-state index in [0.717, 1.165) is 30.0 Å². The Morgan fingerprint density at radius 1 is 0.594 bits per heavy atom. The number of hydrogen-bond donors (Lipinski definition) is 0. The molecule has 0 saturated heterocycles. The molecule has 0 N–H and O–H groups in total. The molecule has 32 heavy (non-hydrogen) atoms. The Morgan fingerprint density at radius 2 is 1.09 bits per heavy atom.